The van der Waals surface area contributed by atoms with Crippen molar-refractivity contribution < 1.29 is 9.90 Å². The minimum Gasteiger partial charge on any atom is -0.480 e. The van der Waals surface area contributed by atoms with Crippen LogP contribution >= 0.6 is 0 Å². The van der Waals surface area contributed by atoms with Crippen molar-refractivity contribution in [1.82, 2.24) is 0 Å². The van der Waals surface area contributed by atoms with Gasteiger partial charge in [-0.1, -0.05) is 72.8 Å². The zero-order chi connectivity index (χ0) is 19.1. The topological polar surface area (TPSA) is 88.0 Å². The number of nitrogens with zero attached hydrogens (tertiary/aromatic N) is 2. The van der Waals surface area contributed by atoms with E-state index in [1.165, 1.54) is 0 Å². The number of hydrogen-bond donors (Lipinski definition) is 2. The molecule has 0 saturated heterocycles. The molecule has 0 radical (unpaired) electrons. The zero-order valence-corrected chi connectivity index (χ0v) is 14.8. The van der Waals surface area contributed by atoms with Crippen molar-refractivity contribution in [2.75, 3.05) is 0 Å². The van der Waals surface area contributed by atoms with Crippen LogP contribution in [0.1, 0.15) is 22.7 Å². The molecule has 0 fully saturated rings. The quantitative estimate of drug-likeness (QED) is 0.608. The number of rotatable bonds is 7. The normalized spacial score (nSPS) is 12.4. The van der Waals surface area contributed by atoms with Gasteiger partial charge in [-0.3, -0.25) is 4.79 Å². The van der Waals surface area contributed by atoms with E-state index in [1.54, 1.807) is 0 Å². The van der Waals surface area contributed by atoms with Gasteiger partial charge in [0, 0.05) is 0 Å². The van der Waals surface area contributed by atoms with E-state index in [4.69, 9.17) is 10.8 Å². The van der Waals surface area contributed by atoms with Crippen LogP contribution in [0.3, 0.4) is 0 Å². The van der Waals surface area contributed by atoms with Gasteiger partial charge >= 0.3 is 5.97 Å². The second kappa shape index (κ2) is 8.87. The van der Waals surface area contributed by atoms with Crippen molar-refractivity contribution in [3.8, 4) is 0 Å². The first-order chi connectivity index (χ1) is 13.1. The molecule has 136 valence electrons. The Balaban J connectivity index is 1.80. The highest BCUT2D eigenvalue weighted by molar-refractivity contribution is 5.73. The van der Waals surface area contributed by atoms with Gasteiger partial charge in [0.2, 0.25) is 0 Å². The molecule has 5 nitrogen and oxygen atoms in total. The van der Waals surface area contributed by atoms with Crippen molar-refractivity contribution in [1.29, 1.82) is 0 Å². The van der Waals surface area contributed by atoms with Crippen LogP contribution in [0.2, 0.25) is 0 Å². The monoisotopic (exact) mass is 359 g/mol. The van der Waals surface area contributed by atoms with Gasteiger partial charge < -0.3 is 10.8 Å². The van der Waals surface area contributed by atoms with E-state index in [1.807, 2.05) is 84.9 Å². The third-order valence-electron chi connectivity index (χ3n) is 4.23. The van der Waals surface area contributed by atoms with Crippen LogP contribution in [0.4, 0.5) is 5.69 Å². The molecule has 3 aromatic rings. The number of nitrogens with two attached hydrogens (primary N) is 1. The van der Waals surface area contributed by atoms with E-state index in [0.717, 1.165) is 16.7 Å². The molecule has 0 aromatic heterocycles. The first-order valence-corrected chi connectivity index (χ1v) is 8.71. The fraction of sp³-hybridized carbons (Fsp3) is 0.136. The third-order valence-corrected chi connectivity index (χ3v) is 4.23. The standard InChI is InChI=1S/C22H21N3O2/c23-20(22(26)27)15-16-11-13-19(14-12-16)24-25-21(17-7-3-1-4-8-17)18-9-5-2-6-10-18/h1-14,20-21H,15,23H2,(H,26,27). The van der Waals surface area contributed by atoms with Gasteiger partial charge in [-0.25, -0.2) is 0 Å². The van der Waals surface area contributed by atoms with Crippen molar-refractivity contribution in [3.63, 3.8) is 0 Å². The lowest BCUT2D eigenvalue weighted by Crippen LogP contribution is -2.32. The van der Waals surface area contributed by atoms with Gasteiger partial charge in [0.1, 0.15) is 12.1 Å². The number of aliphatic carboxylic acids is 1. The smallest absolute Gasteiger partial charge is 0.320 e. The summed E-state index contributed by atoms with van der Waals surface area (Å²) in [6, 6.07) is 26.2. The summed E-state index contributed by atoms with van der Waals surface area (Å²) in [6.45, 7) is 0. The van der Waals surface area contributed by atoms with Gasteiger partial charge in [0.25, 0.3) is 0 Å². The van der Waals surface area contributed by atoms with Gasteiger partial charge in [-0.15, -0.1) is 0 Å². The highest BCUT2D eigenvalue weighted by atomic mass is 16.4. The summed E-state index contributed by atoms with van der Waals surface area (Å²) in [7, 11) is 0. The number of carbonyl (C=O) groups is 1. The lowest BCUT2D eigenvalue weighted by Gasteiger charge is -2.12. The maximum atomic E-state index is 10.9. The molecule has 0 bridgehead atoms. The van der Waals surface area contributed by atoms with E-state index in [9.17, 15) is 4.79 Å². The maximum absolute atomic E-state index is 10.9. The maximum Gasteiger partial charge on any atom is 0.320 e. The average Bonchev–Trinajstić information content (AvgIpc) is 2.71. The highest BCUT2D eigenvalue weighted by Crippen LogP contribution is 2.28. The predicted octanol–water partition coefficient (Wildman–Crippen LogP) is 4.51. The summed E-state index contributed by atoms with van der Waals surface area (Å²) >= 11 is 0. The Hall–Kier alpha value is -3.31. The number of benzene rings is 3. The first-order valence-electron chi connectivity index (χ1n) is 8.71. The Bertz CT molecular complexity index is 854. The van der Waals surface area contributed by atoms with E-state index >= 15 is 0 Å². The average molecular weight is 359 g/mol. The first kappa shape index (κ1) is 18.5. The van der Waals surface area contributed by atoms with Crippen LogP contribution in [0.15, 0.2) is 95.2 Å². The van der Waals surface area contributed by atoms with E-state index in [0.29, 0.717) is 5.69 Å². The molecular weight excluding hydrogens is 338 g/mol. The molecule has 27 heavy (non-hydrogen) atoms. The fourth-order valence-electron chi connectivity index (χ4n) is 2.76. The van der Waals surface area contributed by atoms with Gasteiger partial charge in [0.15, 0.2) is 0 Å². The number of carboxylic acid groups (broad SMARTS) is 1. The lowest BCUT2D eigenvalue weighted by molar-refractivity contribution is -0.138. The van der Waals surface area contributed by atoms with Crippen molar-refractivity contribution in [2.24, 2.45) is 16.0 Å². The van der Waals surface area contributed by atoms with E-state index in [-0.39, 0.29) is 12.5 Å². The molecule has 0 amide bonds. The Morgan fingerprint density at radius 3 is 1.85 bits per heavy atom. The van der Waals surface area contributed by atoms with Crippen LogP contribution in [0.25, 0.3) is 0 Å². The summed E-state index contributed by atoms with van der Waals surface area (Å²) in [4.78, 5) is 10.9. The highest BCUT2D eigenvalue weighted by Gasteiger charge is 2.13. The van der Waals surface area contributed by atoms with Crippen LogP contribution in [-0.2, 0) is 11.2 Å². The van der Waals surface area contributed by atoms with E-state index < -0.39 is 12.0 Å². The largest absolute Gasteiger partial charge is 0.480 e. The summed E-state index contributed by atoms with van der Waals surface area (Å²) in [6.07, 6.45) is 0.281. The van der Waals surface area contributed by atoms with Crippen LogP contribution in [0.5, 0.6) is 0 Å². The molecule has 0 aliphatic carbocycles. The second-order valence-electron chi connectivity index (χ2n) is 6.25. The van der Waals surface area contributed by atoms with Crippen molar-refractivity contribution >= 4 is 11.7 Å². The number of hydrogen-bond acceptors (Lipinski definition) is 4. The van der Waals surface area contributed by atoms with Crippen molar-refractivity contribution in [3.05, 3.63) is 102 Å². The zero-order valence-electron chi connectivity index (χ0n) is 14.8. The fourth-order valence-corrected chi connectivity index (χ4v) is 2.76. The molecule has 1 atom stereocenters. The summed E-state index contributed by atoms with van der Waals surface area (Å²) < 4.78 is 0. The van der Waals surface area contributed by atoms with Crippen LogP contribution in [0, 0.1) is 0 Å². The molecule has 0 heterocycles. The van der Waals surface area contributed by atoms with Crippen LogP contribution < -0.4 is 5.73 Å². The van der Waals surface area contributed by atoms with E-state index in [2.05, 4.69) is 10.2 Å². The Morgan fingerprint density at radius 1 is 0.852 bits per heavy atom. The molecular formula is C22H21N3O2. The molecule has 1 unspecified atom stereocenters. The summed E-state index contributed by atoms with van der Waals surface area (Å²) in [5.74, 6) is -1.01. The Labute approximate surface area is 158 Å². The molecule has 0 spiro atoms. The third kappa shape index (κ3) is 5.09. The molecule has 5 heteroatoms. The summed E-state index contributed by atoms with van der Waals surface area (Å²) in [5.41, 5.74) is 9.27. The number of carboxylic acids is 1. The Kier molecular flexibility index (Phi) is 6.07. The number of azo groups is 1. The second-order valence-corrected chi connectivity index (χ2v) is 6.25. The minimum absolute atomic E-state index is 0.187. The van der Waals surface area contributed by atoms with Crippen LogP contribution in [-0.4, -0.2) is 17.1 Å². The lowest BCUT2D eigenvalue weighted by atomic mass is 10.00. The predicted molar refractivity (Wildman–Crippen MR) is 105 cm³/mol. The molecule has 3 N–H and O–H groups in total. The van der Waals surface area contributed by atoms with Gasteiger partial charge in [-0.05, 0) is 35.2 Å². The molecule has 0 aliphatic rings. The van der Waals surface area contributed by atoms with Gasteiger partial charge in [-0.2, -0.15) is 10.2 Å². The summed E-state index contributed by atoms with van der Waals surface area (Å²) in [5, 5.41) is 17.9. The molecule has 0 aliphatic heterocycles. The molecule has 3 rings (SSSR count). The minimum atomic E-state index is -1.01. The van der Waals surface area contributed by atoms with Gasteiger partial charge in [0.05, 0.1) is 5.69 Å². The Morgan fingerprint density at radius 2 is 1.37 bits per heavy atom. The SMILES string of the molecule is NC(Cc1ccc(N=NC(c2ccccc2)c2ccccc2)cc1)C(=O)O. The molecule has 3 aromatic carbocycles. The van der Waals surface area contributed by atoms with Crippen molar-refractivity contribution in [2.45, 2.75) is 18.5 Å². The molecule has 0 saturated carbocycles.